The van der Waals surface area contributed by atoms with Crippen LogP contribution in [0.2, 0.25) is 0 Å². The van der Waals surface area contributed by atoms with Gasteiger partial charge in [-0.25, -0.2) is 4.79 Å². The third-order valence-corrected chi connectivity index (χ3v) is 1.97. The molecule has 2 N–H and O–H groups in total. The first-order chi connectivity index (χ1) is 4.70. The number of piperidine rings is 1. The van der Waals surface area contributed by atoms with Crippen molar-refractivity contribution < 1.29 is 6.22 Å². The van der Waals surface area contributed by atoms with E-state index in [1.807, 2.05) is 0 Å². The van der Waals surface area contributed by atoms with E-state index in [2.05, 4.69) is 6.92 Å². The van der Waals surface area contributed by atoms with Gasteiger partial charge in [0.15, 0.2) is 0 Å². The Balaban J connectivity index is 0.000001000. The summed E-state index contributed by atoms with van der Waals surface area (Å²) in [5.74, 6) is 0.626. The lowest BCUT2D eigenvalue weighted by molar-refractivity contribution is 0.178. The van der Waals surface area contributed by atoms with Gasteiger partial charge in [-0.3, -0.25) is 0 Å². The molecule has 0 radical (unpaired) electrons. The van der Waals surface area contributed by atoms with Gasteiger partial charge in [0.1, 0.15) is 0 Å². The second-order valence-corrected chi connectivity index (χ2v) is 3.03. The number of urea groups is 1. The number of primary amides is 1. The highest BCUT2D eigenvalue weighted by atomic mass is 16.2. The van der Waals surface area contributed by atoms with Gasteiger partial charge in [-0.15, -0.1) is 0 Å². The Labute approximate surface area is 62.7 Å². The van der Waals surface area contributed by atoms with Crippen LogP contribution in [-0.2, 0) is 0 Å². The van der Waals surface area contributed by atoms with Crippen molar-refractivity contribution in [2.45, 2.75) is 19.8 Å². The highest BCUT2D eigenvalue weighted by Gasteiger charge is 2.17. The number of likely N-dealkylation sites (tertiary alicyclic amines) is 1. The molecule has 1 saturated heterocycles. The largest absolute Gasteiger partial charge is 0.351 e. The first-order valence-corrected chi connectivity index (χ1v) is 3.74. The average molecular weight is 144 g/mol. The number of nitrogens with zero attached hydrogens (tertiary/aromatic N) is 1. The average Bonchev–Trinajstić information content (AvgIpc) is 1.88. The van der Waals surface area contributed by atoms with Crippen LogP contribution in [0.25, 0.3) is 0 Å². The molecule has 3 nitrogen and oxygen atoms in total. The zero-order chi connectivity index (χ0) is 7.56. The predicted octanol–water partition coefficient (Wildman–Crippen LogP) is 1.04. The van der Waals surface area contributed by atoms with Gasteiger partial charge in [-0.05, 0) is 18.8 Å². The van der Waals surface area contributed by atoms with Crippen molar-refractivity contribution >= 4 is 6.03 Å². The van der Waals surface area contributed by atoms with E-state index in [1.165, 1.54) is 6.42 Å². The summed E-state index contributed by atoms with van der Waals surface area (Å²) in [6.07, 6.45) is 2.33. The third kappa shape index (κ3) is 1.62. The van der Waals surface area contributed by atoms with Gasteiger partial charge in [0.25, 0.3) is 0 Å². The van der Waals surface area contributed by atoms with E-state index >= 15 is 0 Å². The number of carbonyl (C=O) groups excluding carboxylic acids is 1. The summed E-state index contributed by atoms with van der Waals surface area (Å²) in [6, 6.07) is -0.272. The van der Waals surface area contributed by atoms with Crippen LogP contribution < -0.4 is 5.73 Å². The van der Waals surface area contributed by atoms with Gasteiger partial charge < -0.3 is 10.6 Å². The fraction of sp³-hybridized carbons (Fsp3) is 0.857. The van der Waals surface area contributed by atoms with Gasteiger partial charge in [0, 0.05) is 14.5 Å². The number of amides is 2. The molecule has 0 aromatic rings. The molecule has 1 heterocycles. The monoisotopic (exact) mass is 144 g/mol. The first-order valence-electron chi connectivity index (χ1n) is 3.74. The van der Waals surface area contributed by atoms with Crippen molar-refractivity contribution in [2.75, 3.05) is 13.1 Å². The number of carbonyl (C=O) groups is 1. The summed E-state index contributed by atoms with van der Waals surface area (Å²) >= 11 is 0. The molecule has 0 aromatic carbocycles. The summed E-state index contributed by atoms with van der Waals surface area (Å²) in [5.41, 5.74) is 5.12. The Morgan fingerprint density at radius 1 is 1.80 bits per heavy atom. The molecule has 0 aromatic heterocycles. The number of hydrogen-bond acceptors (Lipinski definition) is 1. The zero-order valence-electron chi connectivity index (χ0n) is 6.34. The van der Waals surface area contributed by atoms with Crippen molar-refractivity contribution in [1.29, 1.82) is 0 Å². The molecule has 1 atom stereocenters. The van der Waals surface area contributed by atoms with Gasteiger partial charge in [0.05, 0.1) is 0 Å². The molecule has 60 valence electrons. The van der Waals surface area contributed by atoms with Crippen molar-refractivity contribution in [2.24, 2.45) is 11.7 Å². The fourth-order valence-corrected chi connectivity index (χ4v) is 1.39. The number of nitrogens with two attached hydrogens (primary N) is 1. The van der Waals surface area contributed by atoms with Crippen molar-refractivity contribution in [3.05, 3.63) is 0 Å². The number of hydrogen-bond donors (Lipinski definition) is 1. The maximum Gasteiger partial charge on any atom is 0.314 e. The molecule has 2 amide bonds. The molecule has 1 rings (SSSR count). The first kappa shape index (κ1) is 7.38. The smallest absolute Gasteiger partial charge is 0.314 e. The molecule has 0 unspecified atom stereocenters. The van der Waals surface area contributed by atoms with E-state index in [1.54, 1.807) is 4.90 Å². The van der Waals surface area contributed by atoms with E-state index < -0.39 is 0 Å². The number of rotatable bonds is 0. The van der Waals surface area contributed by atoms with Crippen molar-refractivity contribution in [3.63, 3.8) is 0 Å². The highest BCUT2D eigenvalue weighted by Crippen LogP contribution is 2.14. The summed E-state index contributed by atoms with van der Waals surface area (Å²) in [4.78, 5) is 12.4. The Bertz CT molecular complexity index is 140. The summed E-state index contributed by atoms with van der Waals surface area (Å²) < 4.78 is 0. The second kappa shape index (κ2) is 2.90. The van der Waals surface area contributed by atoms with E-state index in [4.69, 9.17) is 5.73 Å². The van der Waals surface area contributed by atoms with Crippen LogP contribution in [0.1, 0.15) is 21.2 Å². The van der Waals surface area contributed by atoms with Gasteiger partial charge in [-0.2, -0.15) is 0 Å². The normalized spacial score (nSPS) is 26.5. The molecule has 3 heteroatoms. The molecule has 1 fully saturated rings. The zero-order valence-corrected chi connectivity index (χ0v) is 6.34. The van der Waals surface area contributed by atoms with Gasteiger partial charge >= 0.3 is 6.03 Å². The standard InChI is InChI=1S/C7H14N2O.H2/c1-6-3-2-4-9(5-6)7(8)10;/h6H,2-5H2,1H3,(H2,8,10);1H/t6-;/m0./s1. The Morgan fingerprint density at radius 2 is 2.50 bits per heavy atom. The minimum Gasteiger partial charge on any atom is -0.351 e. The van der Waals surface area contributed by atoms with E-state index in [9.17, 15) is 4.79 Å². The topological polar surface area (TPSA) is 46.3 Å². The van der Waals surface area contributed by atoms with Gasteiger partial charge in [0.2, 0.25) is 0 Å². The van der Waals surface area contributed by atoms with Crippen LogP contribution in [-0.4, -0.2) is 24.0 Å². The van der Waals surface area contributed by atoms with E-state index in [0.717, 1.165) is 19.5 Å². The maximum absolute atomic E-state index is 10.6. The SMILES string of the molecule is C[C@H]1CCCN(C(N)=O)C1.[HH]. The fourth-order valence-electron chi connectivity index (χ4n) is 1.39. The summed E-state index contributed by atoms with van der Waals surface area (Å²) in [5, 5.41) is 0. The Hall–Kier alpha value is -0.730. The van der Waals surface area contributed by atoms with Crippen LogP contribution in [0.3, 0.4) is 0 Å². The summed E-state index contributed by atoms with van der Waals surface area (Å²) in [6.45, 7) is 3.84. The van der Waals surface area contributed by atoms with Crippen LogP contribution in [0, 0.1) is 5.92 Å². The maximum atomic E-state index is 10.6. The Kier molecular flexibility index (Phi) is 2.14. The van der Waals surface area contributed by atoms with Crippen LogP contribution in [0.15, 0.2) is 0 Å². The molecule has 10 heavy (non-hydrogen) atoms. The van der Waals surface area contributed by atoms with Crippen LogP contribution >= 0.6 is 0 Å². The van der Waals surface area contributed by atoms with E-state index in [-0.39, 0.29) is 7.46 Å². The lowest BCUT2D eigenvalue weighted by Crippen LogP contribution is -2.42. The van der Waals surface area contributed by atoms with Gasteiger partial charge in [-0.1, -0.05) is 6.92 Å². The molecule has 0 aliphatic carbocycles. The third-order valence-electron chi connectivity index (χ3n) is 1.97. The lowest BCUT2D eigenvalue weighted by atomic mass is 10.0. The molecular weight excluding hydrogens is 128 g/mol. The minimum absolute atomic E-state index is 0. The van der Waals surface area contributed by atoms with Crippen LogP contribution in [0.4, 0.5) is 4.79 Å². The van der Waals surface area contributed by atoms with Crippen LogP contribution in [0.5, 0.6) is 0 Å². The molecular formula is C7H16N2O. The molecule has 1 aliphatic rings. The minimum atomic E-state index is -0.272. The lowest BCUT2D eigenvalue weighted by Gasteiger charge is -2.29. The molecule has 0 bridgehead atoms. The Morgan fingerprint density at radius 3 is 2.90 bits per heavy atom. The van der Waals surface area contributed by atoms with Crippen molar-refractivity contribution in [1.82, 2.24) is 4.90 Å². The highest BCUT2D eigenvalue weighted by molar-refractivity contribution is 5.72. The molecule has 1 aliphatic heterocycles. The van der Waals surface area contributed by atoms with Crippen molar-refractivity contribution in [3.8, 4) is 0 Å². The second-order valence-electron chi connectivity index (χ2n) is 3.03. The summed E-state index contributed by atoms with van der Waals surface area (Å²) in [7, 11) is 0. The molecule has 0 saturated carbocycles. The quantitative estimate of drug-likeness (QED) is 0.542. The predicted molar refractivity (Wildman–Crippen MR) is 41.7 cm³/mol. The molecule has 0 spiro atoms. The van der Waals surface area contributed by atoms with E-state index in [0.29, 0.717) is 5.92 Å².